The first-order valence-electron chi connectivity index (χ1n) is 11.8. The van der Waals surface area contributed by atoms with Gasteiger partial charge in [-0.15, -0.1) is 0 Å². The normalized spacial score (nSPS) is 34.4. The van der Waals surface area contributed by atoms with Crippen LogP contribution in [0, 0.1) is 12.3 Å². The third kappa shape index (κ3) is 2.96. The molecule has 1 aromatic carbocycles. The number of hydrogen-bond donors (Lipinski definition) is 2. The smallest absolute Gasteiger partial charge is 0.233 e. The second-order valence-corrected chi connectivity index (χ2v) is 10.00. The summed E-state index contributed by atoms with van der Waals surface area (Å²) in [5, 5.41) is 7.02. The Labute approximate surface area is 175 Å². The van der Waals surface area contributed by atoms with Crippen LogP contribution in [0.3, 0.4) is 0 Å². The first-order chi connectivity index (χ1) is 14.1. The Morgan fingerprint density at radius 3 is 2.59 bits per heavy atom. The minimum Gasteiger partial charge on any atom is -0.317 e. The highest BCUT2D eigenvalue weighted by Crippen LogP contribution is 2.44. The quantitative estimate of drug-likeness (QED) is 0.771. The summed E-state index contributed by atoms with van der Waals surface area (Å²) in [7, 11) is 0. The van der Waals surface area contributed by atoms with Gasteiger partial charge in [0.2, 0.25) is 5.91 Å². The maximum Gasteiger partial charge on any atom is 0.233 e. The largest absolute Gasteiger partial charge is 0.317 e. The van der Waals surface area contributed by atoms with Gasteiger partial charge in [0, 0.05) is 56.7 Å². The van der Waals surface area contributed by atoms with Crippen molar-refractivity contribution in [2.45, 2.75) is 64.5 Å². The Morgan fingerprint density at radius 2 is 1.93 bits per heavy atom. The fourth-order valence-corrected chi connectivity index (χ4v) is 6.89. The molecule has 1 aromatic rings. The number of carbonyl (C=O) groups excluding carboxylic acids is 1. The highest BCUT2D eigenvalue weighted by Gasteiger charge is 2.49. The summed E-state index contributed by atoms with van der Waals surface area (Å²) in [4.78, 5) is 15.5. The van der Waals surface area contributed by atoms with Crippen LogP contribution in [-0.2, 0) is 4.79 Å². The van der Waals surface area contributed by atoms with E-state index in [0.717, 1.165) is 62.2 Å². The zero-order valence-corrected chi connectivity index (χ0v) is 18.2. The fraction of sp³-hybridized carbons (Fsp3) is 0.708. The number of rotatable bonds is 3. The van der Waals surface area contributed by atoms with E-state index < -0.39 is 0 Å². The van der Waals surface area contributed by atoms with Crippen LogP contribution in [0.25, 0.3) is 0 Å². The van der Waals surface area contributed by atoms with Gasteiger partial charge in [-0.1, -0.05) is 0 Å². The molecule has 5 rings (SSSR count). The third-order valence-corrected chi connectivity index (χ3v) is 8.65. The van der Waals surface area contributed by atoms with Crippen LogP contribution in [0.1, 0.15) is 51.0 Å². The Morgan fingerprint density at radius 1 is 1.10 bits per heavy atom. The van der Waals surface area contributed by atoms with Gasteiger partial charge in [-0.2, -0.15) is 0 Å². The number of quaternary nitrogens is 1. The summed E-state index contributed by atoms with van der Waals surface area (Å²) in [5.74, 6) is 0.369. The van der Waals surface area contributed by atoms with Crippen LogP contribution in [0.4, 0.5) is 11.4 Å². The van der Waals surface area contributed by atoms with Gasteiger partial charge < -0.3 is 15.5 Å². The fourth-order valence-electron chi connectivity index (χ4n) is 6.89. The number of amides is 1. The van der Waals surface area contributed by atoms with Gasteiger partial charge in [-0.3, -0.25) is 9.28 Å². The molecular weight excluding hydrogens is 360 g/mol. The van der Waals surface area contributed by atoms with Crippen molar-refractivity contribution in [1.82, 2.24) is 15.1 Å². The molecule has 1 spiro atoms. The number of piperidine rings is 1. The van der Waals surface area contributed by atoms with Crippen LogP contribution >= 0.6 is 0 Å². The average molecular weight is 398 g/mol. The van der Waals surface area contributed by atoms with Crippen LogP contribution in [0.15, 0.2) is 18.2 Å². The maximum atomic E-state index is 13.4. The summed E-state index contributed by atoms with van der Waals surface area (Å²) in [6, 6.07) is 8.39. The molecule has 4 heterocycles. The predicted molar refractivity (Wildman–Crippen MR) is 119 cm³/mol. The zero-order valence-electron chi connectivity index (χ0n) is 18.2. The van der Waals surface area contributed by atoms with E-state index in [2.05, 4.69) is 47.6 Å². The molecule has 0 radical (unpaired) electrons. The Hall–Kier alpha value is -1.43. The van der Waals surface area contributed by atoms with Crippen LogP contribution < -0.4 is 20.0 Å². The highest BCUT2D eigenvalue weighted by molar-refractivity contribution is 6.00. The van der Waals surface area contributed by atoms with Gasteiger partial charge in [0.15, 0.2) is 0 Å². The molecule has 0 aromatic heterocycles. The van der Waals surface area contributed by atoms with Crippen molar-refractivity contribution in [1.29, 1.82) is 0 Å². The molecule has 1 unspecified atom stereocenters. The summed E-state index contributed by atoms with van der Waals surface area (Å²) in [6.45, 7) is 11.0. The lowest BCUT2D eigenvalue weighted by molar-refractivity contribution is -0.126. The molecule has 0 saturated carbocycles. The highest BCUT2D eigenvalue weighted by atomic mass is 16.2. The summed E-state index contributed by atoms with van der Waals surface area (Å²) in [6.07, 6.45) is 6.90. The molecule has 29 heavy (non-hydrogen) atoms. The second kappa shape index (κ2) is 7.36. The molecular formula is C24H37N4O+. The van der Waals surface area contributed by atoms with E-state index >= 15 is 0 Å². The molecule has 3 atom stereocenters. The summed E-state index contributed by atoms with van der Waals surface area (Å²) >= 11 is 0. The lowest BCUT2D eigenvalue weighted by Gasteiger charge is -2.43. The van der Waals surface area contributed by atoms with E-state index in [-0.39, 0.29) is 5.41 Å². The van der Waals surface area contributed by atoms with Crippen molar-refractivity contribution in [3.05, 3.63) is 23.8 Å². The van der Waals surface area contributed by atoms with E-state index in [4.69, 9.17) is 0 Å². The van der Waals surface area contributed by atoms with Crippen molar-refractivity contribution in [3.63, 3.8) is 0 Å². The van der Waals surface area contributed by atoms with Gasteiger partial charge in [0.05, 0.1) is 18.0 Å². The number of carbonyl (C=O) groups is 1. The molecule has 1 amide bonds. The minimum atomic E-state index is -0.108. The monoisotopic (exact) mass is 397 g/mol. The Kier molecular flexibility index (Phi) is 4.96. The SMILES string of the molecule is Cc1cc([N+]2([C@H]3CCNC3)CCC[C@@H]2C)ccc1N1CCC2(CCNCC2)C1=O. The van der Waals surface area contributed by atoms with E-state index in [1.807, 2.05) is 0 Å². The maximum absolute atomic E-state index is 13.4. The average Bonchev–Trinajstić information content (AvgIpc) is 3.45. The van der Waals surface area contributed by atoms with Crippen LogP contribution in [-0.4, -0.2) is 57.3 Å². The number of hydrogen-bond acceptors (Lipinski definition) is 3. The molecule has 2 N–H and O–H groups in total. The Balaban J connectivity index is 1.45. The second-order valence-electron chi connectivity index (χ2n) is 10.00. The predicted octanol–water partition coefficient (Wildman–Crippen LogP) is 2.95. The van der Waals surface area contributed by atoms with Crippen molar-refractivity contribution in [3.8, 4) is 0 Å². The first-order valence-corrected chi connectivity index (χ1v) is 11.8. The summed E-state index contributed by atoms with van der Waals surface area (Å²) in [5.41, 5.74) is 3.77. The molecule has 4 fully saturated rings. The van der Waals surface area contributed by atoms with Gasteiger partial charge in [0.25, 0.3) is 0 Å². The molecule has 4 saturated heterocycles. The van der Waals surface area contributed by atoms with Crippen molar-refractivity contribution in [2.24, 2.45) is 5.41 Å². The molecule has 4 aliphatic rings. The lowest BCUT2D eigenvalue weighted by Crippen LogP contribution is -2.59. The zero-order chi connectivity index (χ0) is 20.1. The number of nitrogens with one attached hydrogen (secondary N) is 2. The minimum absolute atomic E-state index is 0.108. The standard InChI is InChI=1S/C24H37N4O/c1-18-16-20(28(15-3-4-19(28)2)21-7-11-26-17-21)5-6-22(18)27-14-10-24(23(27)29)8-12-25-13-9-24/h5-6,16,19,21,25-26H,3-4,7-15,17H2,1-2H3/q+1/t19-,21-,28?/m0/s1. The molecule has 0 aliphatic carbocycles. The lowest BCUT2D eigenvalue weighted by atomic mass is 9.77. The molecule has 5 heteroatoms. The van der Waals surface area contributed by atoms with E-state index in [1.54, 1.807) is 0 Å². The number of anilines is 1. The van der Waals surface area contributed by atoms with Crippen LogP contribution in [0.2, 0.25) is 0 Å². The van der Waals surface area contributed by atoms with Crippen molar-refractivity contribution >= 4 is 17.3 Å². The first kappa shape index (κ1) is 19.5. The van der Waals surface area contributed by atoms with E-state index in [0.29, 0.717) is 18.0 Å². The Bertz CT molecular complexity index is 781. The van der Waals surface area contributed by atoms with E-state index in [9.17, 15) is 4.79 Å². The van der Waals surface area contributed by atoms with Gasteiger partial charge >= 0.3 is 0 Å². The third-order valence-electron chi connectivity index (χ3n) is 8.65. The number of nitrogens with zero attached hydrogens (tertiary/aromatic N) is 2. The molecule has 5 nitrogen and oxygen atoms in total. The van der Waals surface area contributed by atoms with Gasteiger partial charge in [0.1, 0.15) is 11.7 Å². The number of likely N-dealkylation sites (tertiary alicyclic amines) is 1. The topological polar surface area (TPSA) is 44.4 Å². The number of benzene rings is 1. The summed E-state index contributed by atoms with van der Waals surface area (Å²) < 4.78 is 1.14. The van der Waals surface area contributed by atoms with Crippen LogP contribution in [0.5, 0.6) is 0 Å². The number of aryl methyl sites for hydroxylation is 1. The molecule has 4 aliphatic heterocycles. The van der Waals surface area contributed by atoms with Crippen molar-refractivity contribution < 1.29 is 4.79 Å². The van der Waals surface area contributed by atoms with E-state index in [1.165, 1.54) is 37.1 Å². The molecule has 158 valence electrons. The van der Waals surface area contributed by atoms with Gasteiger partial charge in [-0.25, -0.2) is 0 Å². The molecule has 0 bridgehead atoms. The van der Waals surface area contributed by atoms with Crippen molar-refractivity contribution in [2.75, 3.05) is 44.2 Å². The van der Waals surface area contributed by atoms with Gasteiger partial charge in [-0.05, 0) is 57.8 Å².